The number of ether oxygens (including phenoxy) is 2. The van der Waals surface area contributed by atoms with Crippen molar-refractivity contribution >= 4 is 47.6 Å². The largest absolute Gasteiger partial charge is 0.456 e. The Kier molecular flexibility index (Phi) is 22.7. The normalized spacial score (nSPS) is 28.3. The molecule has 0 bridgehead atoms. The van der Waals surface area contributed by atoms with Crippen LogP contribution in [0.15, 0.2) is 0 Å². The number of amides is 1. The molecule has 1 amide bonds. The molecular weight excluding hydrogens is 635 g/mol. The molecule has 0 radical (unpaired) electrons. The van der Waals surface area contributed by atoms with Crippen LogP contribution in [0, 0.1) is 5.92 Å². The molecule has 11 heteroatoms. The van der Waals surface area contributed by atoms with Gasteiger partial charge in [0.05, 0.1) is 17.5 Å². The number of hydrogen-bond donors (Lipinski definition) is 3. The Hall–Kier alpha value is -0.290. The van der Waals surface area contributed by atoms with E-state index in [4.69, 9.17) is 21.1 Å². The molecule has 0 aromatic rings. The molecular formula is C34H64Cl2N2O6S. The van der Waals surface area contributed by atoms with Gasteiger partial charge in [-0.2, -0.15) is 0 Å². The Morgan fingerprint density at radius 3 is 2.02 bits per heavy atom. The van der Waals surface area contributed by atoms with Crippen LogP contribution in [-0.4, -0.2) is 94.2 Å². The molecule has 9 atom stereocenters. The molecule has 2 aliphatic heterocycles. The number of carbonyl (C=O) groups excluding carboxylic acids is 2. The number of rotatable bonds is 22. The van der Waals surface area contributed by atoms with E-state index in [1.165, 1.54) is 76.0 Å². The average Bonchev–Trinajstić information content (AvgIpc) is 3.36. The van der Waals surface area contributed by atoms with Crippen LogP contribution in [0.25, 0.3) is 0 Å². The van der Waals surface area contributed by atoms with Crippen LogP contribution in [0.2, 0.25) is 0 Å². The van der Waals surface area contributed by atoms with Gasteiger partial charge in [0, 0.05) is 13.0 Å². The quantitative estimate of drug-likeness (QED) is 0.0641. The number of halogens is 2. The Balaban J connectivity index is 0.0000101. The van der Waals surface area contributed by atoms with Gasteiger partial charge in [-0.05, 0) is 45.4 Å². The first-order valence-corrected chi connectivity index (χ1v) is 19.2. The fourth-order valence-corrected chi connectivity index (χ4v) is 7.65. The van der Waals surface area contributed by atoms with Crippen molar-refractivity contribution in [3.8, 4) is 0 Å². The summed E-state index contributed by atoms with van der Waals surface area (Å²) in [5.41, 5.74) is -0.702. The zero-order chi connectivity index (χ0) is 32.5. The zero-order valence-electron chi connectivity index (χ0n) is 28.6. The summed E-state index contributed by atoms with van der Waals surface area (Å²) < 4.78 is 11.9. The molecule has 0 saturated carbocycles. The highest BCUT2D eigenvalue weighted by molar-refractivity contribution is 7.99. The summed E-state index contributed by atoms with van der Waals surface area (Å²) >= 11 is 7.82. The number of hydrogen-bond acceptors (Lipinski definition) is 8. The maximum atomic E-state index is 13.3. The lowest BCUT2D eigenvalue weighted by Crippen LogP contribution is -2.65. The first kappa shape index (κ1) is 42.7. The Morgan fingerprint density at radius 1 is 0.956 bits per heavy atom. The number of nitrogens with zero attached hydrogens (tertiary/aromatic N) is 1. The van der Waals surface area contributed by atoms with Crippen LogP contribution >= 0.6 is 35.8 Å². The van der Waals surface area contributed by atoms with E-state index in [2.05, 4.69) is 24.1 Å². The molecule has 2 saturated heterocycles. The summed E-state index contributed by atoms with van der Waals surface area (Å²) in [4.78, 5) is 28.0. The number of likely N-dealkylation sites (tertiary alicyclic amines) is 1. The molecule has 0 aromatic carbocycles. The first-order valence-electron chi connectivity index (χ1n) is 17.5. The van der Waals surface area contributed by atoms with E-state index in [-0.39, 0.29) is 30.8 Å². The number of carbonyl (C=O) groups is 2. The second-order valence-corrected chi connectivity index (χ2v) is 14.8. The lowest BCUT2D eigenvalue weighted by Gasteiger charge is -2.45. The van der Waals surface area contributed by atoms with Crippen molar-refractivity contribution in [2.45, 2.75) is 177 Å². The van der Waals surface area contributed by atoms with Crippen LogP contribution in [0.4, 0.5) is 0 Å². The van der Waals surface area contributed by atoms with Gasteiger partial charge >= 0.3 is 5.97 Å². The number of esters is 1. The van der Waals surface area contributed by atoms with Gasteiger partial charge in [-0.1, -0.05) is 97.3 Å². The Labute approximate surface area is 289 Å². The third kappa shape index (κ3) is 14.8. The number of thioether (sulfide) groups is 1. The van der Waals surface area contributed by atoms with Crippen LogP contribution in [0.1, 0.15) is 130 Å². The predicted octanol–water partition coefficient (Wildman–Crippen LogP) is 6.84. The van der Waals surface area contributed by atoms with Gasteiger partial charge in [-0.15, -0.1) is 35.8 Å². The van der Waals surface area contributed by atoms with Gasteiger partial charge in [-0.3, -0.25) is 14.5 Å². The molecule has 0 aliphatic carbocycles. The van der Waals surface area contributed by atoms with Crippen LogP contribution in [0.5, 0.6) is 0 Å². The van der Waals surface area contributed by atoms with Gasteiger partial charge in [0.2, 0.25) is 5.91 Å². The molecule has 0 aromatic heterocycles. The molecule has 45 heavy (non-hydrogen) atoms. The maximum absolute atomic E-state index is 13.3. The van der Waals surface area contributed by atoms with E-state index in [1.807, 2.05) is 7.05 Å². The Bertz CT molecular complexity index is 811. The standard InChI is InChI=1S/C34H63ClN2O6S.ClH/c1-6-8-9-10-11-12-13-14-15-16-17-18-19-21-27(38)42-32-30(40)29(39)31(43-34(32)44-5)28(24(3)35)36-33(41)26-22-25(20-7-2)23-37(26)4;/h24-26,28-32,34,39-40H,6-23H2,1-5H3,(H,36,41);1H/t24-,25+,26-,28+,29+,30+,31+,32?,34+;/m0./s1. The topological polar surface area (TPSA) is 108 Å². The fraction of sp³-hybridized carbons (Fsp3) is 0.941. The lowest BCUT2D eigenvalue weighted by atomic mass is 9.92. The van der Waals surface area contributed by atoms with Crippen molar-refractivity contribution < 1.29 is 29.3 Å². The number of nitrogens with one attached hydrogen (secondary N) is 1. The second-order valence-electron chi connectivity index (χ2n) is 13.2. The monoisotopic (exact) mass is 698 g/mol. The maximum Gasteiger partial charge on any atom is 0.306 e. The highest BCUT2D eigenvalue weighted by Gasteiger charge is 2.50. The third-order valence-electron chi connectivity index (χ3n) is 9.36. The minimum Gasteiger partial charge on any atom is -0.456 e. The molecule has 2 aliphatic rings. The fourth-order valence-electron chi connectivity index (χ4n) is 6.72. The summed E-state index contributed by atoms with van der Waals surface area (Å²) in [6.07, 6.45) is 16.3. The molecule has 1 unspecified atom stereocenters. The summed E-state index contributed by atoms with van der Waals surface area (Å²) in [5.74, 6) is -0.0742. The smallest absolute Gasteiger partial charge is 0.306 e. The molecule has 266 valence electrons. The van der Waals surface area contributed by atoms with Crippen LogP contribution < -0.4 is 5.32 Å². The van der Waals surface area contributed by atoms with E-state index in [1.54, 1.807) is 13.2 Å². The minimum atomic E-state index is -1.38. The number of unbranched alkanes of at least 4 members (excludes halogenated alkanes) is 12. The van der Waals surface area contributed by atoms with Crippen molar-refractivity contribution in [3.05, 3.63) is 0 Å². The zero-order valence-corrected chi connectivity index (χ0v) is 31.0. The molecule has 3 N–H and O–H groups in total. The van der Waals surface area contributed by atoms with Gasteiger partial charge in [-0.25, -0.2) is 0 Å². The van der Waals surface area contributed by atoms with Gasteiger partial charge in [0.15, 0.2) is 6.10 Å². The first-order chi connectivity index (χ1) is 21.1. The summed E-state index contributed by atoms with van der Waals surface area (Å²) in [6.45, 7) is 7.01. The SMILES string of the molecule is CCCCCCCCCCCCCCCC(=O)OC1[C@@H](SC)O[C@H]([C@H](NC(=O)[C@@H]2C[C@@H](CCC)CN2C)[C@H](C)Cl)[C@H](O)[C@H]1O.Cl. The van der Waals surface area contributed by atoms with Crippen molar-refractivity contribution in [1.82, 2.24) is 10.2 Å². The van der Waals surface area contributed by atoms with Crippen LogP contribution in [-0.2, 0) is 19.1 Å². The minimum absolute atomic E-state index is 0. The van der Waals surface area contributed by atoms with E-state index >= 15 is 0 Å². The van der Waals surface area contributed by atoms with Gasteiger partial charge in [0.1, 0.15) is 23.7 Å². The highest BCUT2D eigenvalue weighted by atomic mass is 35.5. The van der Waals surface area contributed by atoms with E-state index in [0.29, 0.717) is 5.92 Å². The highest BCUT2D eigenvalue weighted by Crippen LogP contribution is 2.33. The average molecular weight is 700 g/mol. The van der Waals surface area contributed by atoms with E-state index in [0.717, 1.165) is 45.1 Å². The Morgan fingerprint density at radius 2 is 1.51 bits per heavy atom. The van der Waals surface area contributed by atoms with Gasteiger partial charge in [0.25, 0.3) is 0 Å². The van der Waals surface area contributed by atoms with Crippen molar-refractivity contribution in [2.24, 2.45) is 5.92 Å². The molecule has 2 heterocycles. The third-order valence-corrected chi connectivity index (χ3v) is 10.5. The molecule has 8 nitrogen and oxygen atoms in total. The van der Waals surface area contributed by atoms with Crippen molar-refractivity contribution in [3.63, 3.8) is 0 Å². The molecule has 2 rings (SSSR count). The van der Waals surface area contributed by atoms with E-state index in [9.17, 15) is 19.8 Å². The second kappa shape index (κ2) is 23.9. The summed E-state index contributed by atoms with van der Waals surface area (Å²) in [5, 5.41) is 24.6. The number of alkyl halides is 1. The van der Waals surface area contributed by atoms with Crippen LogP contribution in [0.3, 0.4) is 0 Å². The molecule has 2 fully saturated rings. The number of aliphatic hydroxyl groups is 2. The number of likely N-dealkylation sites (N-methyl/N-ethyl adjacent to an activating group) is 1. The number of aliphatic hydroxyl groups excluding tert-OH is 2. The lowest BCUT2D eigenvalue weighted by molar-refractivity contribution is -0.218. The molecule has 0 spiro atoms. The van der Waals surface area contributed by atoms with Crippen molar-refractivity contribution in [2.75, 3.05) is 19.8 Å². The van der Waals surface area contributed by atoms with Gasteiger partial charge < -0.3 is 25.0 Å². The van der Waals surface area contributed by atoms with E-state index < -0.39 is 47.2 Å². The predicted molar refractivity (Wildman–Crippen MR) is 188 cm³/mol. The van der Waals surface area contributed by atoms with Crippen molar-refractivity contribution in [1.29, 1.82) is 0 Å². The summed E-state index contributed by atoms with van der Waals surface area (Å²) in [7, 11) is 1.95. The summed E-state index contributed by atoms with van der Waals surface area (Å²) in [6, 6.07) is -1.00.